The van der Waals surface area contributed by atoms with E-state index in [1.807, 2.05) is 0 Å². The first-order chi connectivity index (χ1) is 10.7. The summed E-state index contributed by atoms with van der Waals surface area (Å²) in [4.78, 5) is 36.5. The first kappa shape index (κ1) is 17.8. The van der Waals surface area contributed by atoms with Crippen LogP contribution in [0.1, 0.15) is 31.9 Å². The van der Waals surface area contributed by atoms with Crippen LogP contribution in [-0.2, 0) is 23.9 Å². The Kier molecular flexibility index (Phi) is 5.01. The third-order valence-corrected chi connectivity index (χ3v) is 4.51. The molecule has 5 nitrogen and oxygen atoms in total. The van der Waals surface area contributed by atoms with Crippen molar-refractivity contribution in [3.8, 4) is 0 Å². The highest BCUT2D eigenvalue weighted by atomic mass is 35.5. The number of rotatable bonds is 3. The fourth-order valence-corrected chi connectivity index (χ4v) is 3.04. The van der Waals surface area contributed by atoms with Crippen LogP contribution in [0.3, 0.4) is 0 Å². The molecular formula is C16H16Cl2O5. The average Bonchev–Trinajstić information content (AvgIpc) is 2.48. The number of cyclic esters (lactones) is 1. The zero-order valence-corrected chi connectivity index (χ0v) is 14.4. The quantitative estimate of drug-likeness (QED) is 0.611. The molecule has 0 unspecified atom stereocenters. The minimum absolute atomic E-state index is 0.199. The Balaban J connectivity index is 2.47. The molecule has 124 valence electrons. The Morgan fingerprint density at radius 2 is 1.96 bits per heavy atom. The van der Waals surface area contributed by atoms with Crippen LogP contribution in [0.15, 0.2) is 18.2 Å². The van der Waals surface area contributed by atoms with E-state index >= 15 is 0 Å². The van der Waals surface area contributed by atoms with Crippen molar-refractivity contribution in [2.24, 2.45) is 11.3 Å². The summed E-state index contributed by atoms with van der Waals surface area (Å²) in [5.74, 6) is -2.46. The Morgan fingerprint density at radius 3 is 2.52 bits per heavy atom. The van der Waals surface area contributed by atoms with E-state index in [9.17, 15) is 14.4 Å². The molecule has 0 amide bonds. The van der Waals surface area contributed by atoms with Gasteiger partial charge in [-0.2, -0.15) is 0 Å². The first-order valence-electron chi connectivity index (χ1n) is 6.95. The average molecular weight is 359 g/mol. The van der Waals surface area contributed by atoms with Gasteiger partial charge in [-0.1, -0.05) is 29.3 Å². The minimum Gasteiger partial charge on any atom is -0.469 e. The Labute approximate surface area is 143 Å². The van der Waals surface area contributed by atoms with Gasteiger partial charge >= 0.3 is 11.9 Å². The molecule has 7 heteroatoms. The molecule has 23 heavy (non-hydrogen) atoms. The summed E-state index contributed by atoms with van der Waals surface area (Å²) in [5, 5.41) is 0.676. The van der Waals surface area contributed by atoms with Gasteiger partial charge in [0.05, 0.1) is 19.4 Å². The van der Waals surface area contributed by atoms with Crippen LogP contribution < -0.4 is 0 Å². The number of halogens is 2. The maximum atomic E-state index is 12.7. The molecule has 0 aromatic heterocycles. The normalized spacial score (nSPS) is 23.3. The van der Waals surface area contributed by atoms with Crippen molar-refractivity contribution in [3.05, 3.63) is 33.8 Å². The number of Topliss-reactive ketones (excluding diaryl/α,β-unsaturated/α-hetero) is 1. The van der Waals surface area contributed by atoms with E-state index in [4.69, 9.17) is 27.9 Å². The number of hydrogen-bond acceptors (Lipinski definition) is 5. The lowest BCUT2D eigenvalue weighted by Gasteiger charge is -2.38. The first-order valence-corrected chi connectivity index (χ1v) is 7.71. The Morgan fingerprint density at radius 1 is 1.30 bits per heavy atom. The number of ketones is 1. The molecule has 0 spiro atoms. The van der Waals surface area contributed by atoms with Gasteiger partial charge in [-0.05, 0) is 26.0 Å². The molecule has 1 aliphatic heterocycles. The molecule has 1 saturated heterocycles. The molecule has 0 aliphatic carbocycles. The van der Waals surface area contributed by atoms with E-state index in [-0.39, 0.29) is 17.2 Å². The molecule has 1 heterocycles. The van der Waals surface area contributed by atoms with Crippen molar-refractivity contribution in [2.75, 3.05) is 7.11 Å². The van der Waals surface area contributed by atoms with E-state index < -0.39 is 29.4 Å². The van der Waals surface area contributed by atoms with Gasteiger partial charge in [0.1, 0.15) is 11.5 Å². The predicted octanol–water partition coefficient (Wildman–Crippen LogP) is 3.37. The number of hydrogen-bond donors (Lipinski definition) is 0. The molecule has 1 aromatic rings. The summed E-state index contributed by atoms with van der Waals surface area (Å²) in [6, 6.07) is 4.65. The van der Waals surface area contributed by atoms with Crippen LogP contribution in [0, 0.1) is 11.3 Å². The highest BCUT2D eigenvalue weighted by Crippen LogP contribution is 2.43. The van der Waals surface area contributed by atoms with Crippen LogP contribution in [0.5, 0.6) is 0 Å². The van der Waals surface area contributed by atoms with E-state index in [0.29, 0.717) is 10.6 Å². The van der Waals surface area contributed by atoms with Gasteiger partial charge in [-0.25, -0.2) is 0 Å². The Bertz CT molecular complexity index is 668. The lowest BCUT2D eigenvalue weighted by molar-refractivity contribution is -0.181. The molecule has 1 fully saturated rings. The lowest BCUT2D eigenvalue weighted by Crippen LogP contribution is -2.48. The maximum Gasteiger partial charge on any atom is 0.319 e. The van der Waals surface area contributed by atoms with E-state index in [1.165, 1.54) is 27.0 Å². The van der Waals surface area contributed by atoms with Crippen molar-refractivity contribution in [1.29, 1.82) is 0 Å². The number of esters is 2. The lowest BCUT2D eigenvalue weighted by atomic mass is 9.74. The molecular weight excluding hydrogens is 343 g/mol. The molecule has 1 aliphatic rings. The molecule has 2 rings (SSSR count). The third kappa shape index (κ3) is 3.35. The third-order valence-electron chi connectivity index (χ3n) is 3.95. The number of ether oxygens (including phenoxy) is 2. The molecule has 0 radical (unpaired) electrons. The zero-order chi connectivity index (χ0) is 17.4. The van der Waals surface area contributed by atoms with Gasteiger partial charge in [-0.3, -0.25) is 14.4 Å². The van der Waals surface area contributed by atoms with Crippen molar-refractivity contribution < 1.29 is 23.9 Å². The number of methoxy groups -OCH3 is 1. The summed E-state index contributed by atoms with van der Waals surface area (Å²) in [7, 11) is 1.23. The molecule has 0 saturated carbocycles. The van der Waals surface area contributed by atoms with Crippen molar-refractivity contribution >= 4 is 40.9 Å². The monoisotopic (exact) mass is 358 g/mol. The number of carbonyl (C=O) groups is 3. The minimum atomic E-state index is -1.33. The molecule has 2 atom stereocenters. The summed E-state index contributed by atoms with van der Waals surface area (Å²) >= 11 is 12.0. The summed E-state index contributed by atoms with van der Waals surface area (Å²) in [5.41, 5.74) is -0.893. The molecule has 1 aromatic carbocycles. The van der Waals surface area contributed by atoms with Gasteiger partial charge in [0.25, 0.3) is 0 Å². The van der Waals surface area contributed by atoms with Gasteiger partial charge in [0.2, 0.25) is 0 Å². The fraction of sp³-hybridized carbons (Fsp3) is 0.438. The number of benzene rings is 1. The largest absolute Gasteiger partial charge is 0.469 e. The van der Waals surface area contributed by atoms with Crippen molar-refractivity contribution in [1.82, 2.24) is 0 Å². The topological polar surface area (TPSA) is 69.7 Å². The van der Waals surface area contributed by atoms with Gasteiger partial charge in [0, 0.05) is 15.6 Å². The van der Waals surface area contributed by atoms with Crippen LogP contribution in [0.25, 0.3) is 0 Å². The summed E-state index contributed by atoms with van der Waals surface area (Å²) in [6.07, 6.45) is -1.15. The van der Waals surface area contributed by atoms with Crippen LogP contribution >= 0.6 is 23.2 Å². The highest BCUT2D eigenvalue weighted by molar-refractivity contribution is 6.35. The summed E-state index contributed by atoms with van der Waals surface area (Å²) < 4.78 is 10.1. The van der Waals surface area contributed by atoms with Crippen LogP contribution in [0.2, 0.25) is 10.0 Å². The second-order valence-corrected chi connectivity index (χ2v) is 6.71. The van der Waals surface area contributed by atoms with E-state index in [1.54, 1.807) is 12.1 Å². The SMILES string of the molecule is COC(=O)C[C@@H]1C(=O)C(C)(C)C(=O)O[C@@H]1c1ccc(Cl)cc1Cl. The predicted molar refractivity (Wildman–Crippen MR) is 84.2 cm³/mol. The van der Waals surface area contributed by atoms with Gasteiger partial charge in [-0.15, -0.1) is 0 Å². The van der Waals surface area contributed by atoms with Gasteiger partial charge < -0.3 is 9.47 Å². The Hall–Kier alpha value is -1.59. The standard InChI is InChI=1S/C16H16Cl2O5/c1-16(2)14(20)10(7-12(19)22-3)13(23-15(16)21)9-5-4-8(17)6-11(9)18/h4-6,10,13H,7H2,1-3H3/t10-,13+/m0/s1. The fourth-order valence-electron chi connectivity index (χ4n) is 2.52. The highest BCUT2D eigenvalue weighted by Gasteiger charge is 2.52. The second-order valence-electron chi connectivity index (χ2n) is 5.87. The van der Waals surface area contributed by atoms with E-state index in [2.05, 4.69) is 4.74 Å². The number of carbonyl (C=O) groups excluding carboxylic acids is 3. The maximum absolute atomic E-state index is 12.7. The van der Waals surface area contributed by atoms with Gasteiger partial charge in [0.15, 0.2) is 5.78 Å². The van der Waals surface area contributed by atoms with E-state index in [0.717, 1.165) is 0 Å². The second kappa shape index (κ2) is 6.49. The van der Waals surface area contributed by atoms with Crippen LogP contribution in [0.4, 0.5) is 0 Å². The van der Waals surface area contributed by atoms with Crippen molar-refractivity contribution in [3.63, 3.8) is 0 Å². The van der Waals surface area contributed by atoms with Crippen molar-refractivity contribution in [2.45, 2.75) is 26.4 Å². The molecule has 0 N–H and O–H groups in total. The smallest absolute Gasteiger partial charge is 0.319 e. The zero-order valence-electron chi connectivity index (χ0n) is 12.9. The molecule has 0 bridgehead atoms. The van der Waals surface area contributed by atoms with Crippen LogP contribution in [-0.4, -0.2) is 24.8 Å². The summed E-state index contributed by atoms with van der Waals surface area (Å²) in [6.45, 7) is 2.95.